The van der Waals surface area contributed by atoms with Gasteiger partial charge in [-0.15, -0.1) is 11.8 Å². The molecule has 0 aliphatic heterocycles. The van der Waals surface area contributed by atoms with E-state index in [1.807, 2.05) is 11.8 Å². The number of hydrogen-bond acceptors (Lipinski definition) is 3. The monoisotopic (exact) mass is 273 g/mol. The smallest absolute Gasteiger partial charge is 0.0930 e. The molecular weight excluding hydrogens is 262 g/mol. The lowest BCUT2D eigenvalue weighted by molar-refractivity contribution is 0.124. The topological polar surface area (TPSA) is 35.2 Å². The third-order valence-electron chi connectivity index (χ3n) is 2.06. The average molecular weight is 274 g/mol. The van der Waals surface area contributed by atoms with Gasteiger partial charge in [0.1, 0.15) is 0 Å². The first-order chi connectivity index (χ1) is 6.79. The van der Waals surface area contributed by atoms with Crippen molar-refractivity contribution in [2.24, 2.45) is 5.90 Å². The molecular formula is C10H12BrNOS. The molecule has 0 radical (unpaired) electrons. The lowest BCUT2D eigenvalue weighted by atomic mass is 10.2. The van der Waals surface area contributed by atoms with E-state index in [0.29, 0.717) is 6.61 Å². The predicted molar refractivity (Wildman–Crippen MR) is 62.0 cm³/mol. The Labute approximate surface area is 96.3 Å². The molecule has 0 aromatic heterocycles. The Morgan fingerprint density at radius 1 is 1.50 bits per heavy atom. The van der Waals surface area contributed by atoms with Gasteiger partial charge >= 0.3 is 0 Å². The Morgan fingerprint density at radius 3 is 2.86 bits per heavy atom. The molecule has 1 aliphatic rings. The molecule has 1 aliphatic carbocycles. The van der Waals surface area contributed by atoms with E-state index in [9.17, 15) is 0 Å². The van der Waals surface area contributed by atoms with Crippen molar-refractivity contribution in [3.8, 4) is 0 Å². The van der Waals surface area contributed by atoms with Crippen LogP contribution in [0.2, 0.25) is 0 Å². The fourth-order valence-electron chi connectivity index (χ4n) is 1.19. The molecule has 1 fully saturated rings. The summed E-state index contributed by atoms with van der Waals surface area (Å²) in [6, 6.07) is 6.25. The van der Waals surface area contributed by atoms with Gasteiger partial charge in [-0.1, -0.05) is 6.07 Å². The van der Waals surface area contributed by atoms with Gasteiger partial charge in [0.2, 0.25) is 0 Å². The first kappa shape index (κ1) is 10.5. The molecule has 0 amide bonds. The minimum atomic E-state index is 0.465. The third-order valence-corrected chi connectivity index (χ3v) is 4.40. The quantitative estimate of drug-likeness (QED) is 0.857. The maximum absolute atomic E-state index is 5.02. The first-order valence-corrected chi connectivity index (χ1v) is 6.23. The summed E-state index contributed by atoms with van der Waals surface area (Å²) in [6.07, 6.45) is 2.70. The summed E-state index contributed by atoms with van der Waals surface area (Å²) in [4.78, 5) is 5.90. The van der Waals surface area contributed by atoms with E-state index in [2.05, 4.69) is 39.0 Å². The Hall–Kier alpha value is -0.0300. The van der Waals surface area contributed by atoms with Gasteiger partial charge < -0.3 is 0 Å². The maximum Gasteiger partial charge on any atom is 0.0930 e. The van der Waals surface area contributed by atoms with Gasteiger partial charge in [0.05, 0.1) is 6.61 Å². The van der Waals surface area contributed by atoms with Crippen molar-refractivity contribution in [2.45, 2.75) is 29.6 Å². The van der Waals surface area contributed by atoms with Crippen LogP contribution in [0.5, 0.6) is 0 Å². The van der Waals surface area contributed by atoms with Crippen molar-refractivity contribution in [1.82, 2.24) is 0 Å². The molecule has 14 heavy (non-hydrogen) atoms. The first-order valence-electron chi connectivity index (χ1n) is 4.56. The van der Waals surface area contributed by atoms with Crippen LogP contribution in [-0.2, 0) is 11.4 Å². The van der Waals surface area contributed by atoms with Crippen molar-refractivity contribution in [2.75, 3.05) is 0 Å². The molecule has 76 valence electrons. The van der Waals surface area contributed by atoms with Crippen LogP contribution in [0.3, 0.4) is 0 Å². The number of rotatable bonds is 4. The number of benzene rings is 1. The van der Waals surface area contributed by atoms with Crippen molar-refractivity contribution in [1.29, 1.82) is 0 Å². The largest absolute Gasteiger partial charge is 0.300 e. The molecule has 2 nitrogen and oxygen atoms in total. The molecule has 0 heterocycles. The molecule has 2 rings (SSSR count). The summed E-state index contributed by atoms with van der Waals surface area (Å²) >= 11 is 5.50. The van der Waals surface area contributed by atoms with E-state index in [-0.39, 0.29) is 0 Å². The Kier molecular flexibility index (Phi) is 3.49. The average Bonchev–Trinajstić information content (AvgIpc) is 2.94. The zero-order chi connectivity index (χ0) is 9.97. The van der Waals surface area contributed by atoms with Gasteiger partial charge in [-0.05, 0) is 46.5 Å². The second-order valence-electron chi connectivity index (χ2n) is 3.39. The molecule has 1 aromatic carbocycles. The standard InChI is InChI=1S/C10H12BrNOS/c11-9-5-7(6-13-12)1-4-10(9)14-8-2-3-8/h1,4-5,8H,2-3,6,12H2. The van der Waals surface area contributed by atoms with Crippen molar-refractivity contribution >= 4 is 27.7 Å². The van der Waals surface area contributed by atoms with Crippen LogP contribution in [0.4, 0.5) is 0 Å². The molecule has 1 saturated carbocycles. The van der Waals surface area contributed by atoms with E-state index in [1.165, 1.54) is 17.7 Å². The summed E-state index contributed by atoms with van der Waals surface area (Å²) in [5, 5.41) is 0.836. The second-order valence-corrected chi connectivity index (χ2v) is 5.59. The highest BCUT2D eigenvalue weighted by Crippen LogP contribution is 2.41. The maximum atomic E-state index is 5.02. The molecule has 0 spiro atoms. The summed E-state index contributed by atoms with van der Waals surface area (Å²) in [5.74, 6) is 5.02. The molecule has 0 atom stereocenters. The van der Waals surface area contributed by atoms with Gasteiger partial charge in [0.15, 0.2) is 0 Å². The Morgan fingerprint density at radius 2 is 2.29 bits per heavy atom. The molecule has 2 N–H and O–H groups in total. The fourth-order valence-corrected chi connectivity index (χ4v) is 2.95. The lowest BCUT2D eigenvalue weighted by Crippen LogP contribution is -1.98. The van der Waals surface area contributed by atoms with E-state index in [1.54, 1.807) is 0 Å². The molecule has 0 saturated heterocycles. The van der Waals surface area contributed by atoms with Crippen LogP contribution < -0.4 is 5.90 Å². The SMILES string of the molecule is NOCc1ccc(SC2CC2)c(Br)c1. The van der Waals surface area contributed by atoms with Crippen LogP contribution in [-0.4, -0.2) is 5.25 Å². The number of hydrogen-bond donors (Lipinski definition) is 1. The minimum Gasteiger partial charge on any atom is -0.300 e. The van der Waals surface area contributed by atoms with Crippen molar-refractivity contribution in [3.63, 3.8) is 0 Å². The summed E-state index contributed by atoms with van der Waals surface area (Å²) in [7, 11) is 0. The van der Waals surface area contributed by atoms with E-state index < -0.39 is 0 Å². The molecule has 4 heteroatoms. The van der Waals surface area contributed by atoms with Crippen LogP contribution in [0.1, 0.15) is 18.4 Å². The van der Waals surface area contributed by atoms with Gasteiger partial charge in [0, 0.05) is 14.6 Å². The van der Waals surface area contributed by atoms with Crippen LogP contribution in [0.25, 0.3) is 0 Å². The van der Waals surface area contributed by atoms with Gasteiger partial charge in [-0.2, -0.15) is 0 Å². The predicted octanol–water partition coefficient (Wildman–Crippen LogP) is 3.09. The Balaban J connectivity index is 2.09. The van der Waals surface area contributed by atoms with Gasteiger partial charge in [0.25, 0.3) is 0 Å². The molecule has 1 aromatic rings. The van der Waals surface area contributed by atoms with Crippen molar-refractivity contribution < 1.29 is 4.84 Å². The van der Waals surface area contributed by atoms with Crippen molar-refractivity contribution in [3.05, 3.63) is 28.2 Å². The van der Waals surface area contributed by atoms with Crippen LogP contribution in [0.15, 0.2) is 27.6 Å². The number of thioether (sulfide) groups is 1. The summed E-state index contributed by atoms with van der Waals surface area (Å²) < 4.78 is 1.14. The van der Waals surface area contributed by atoms with Gasteiger partial charge in [-0.3, -0.25) is 4.84 Å². The highest BCUT2D eigenvalue weighted by Gasteiger charge is 2.23. The normalized spacial score (nSPS) is 15.9. The highest BCUT2D eigenvalue weighted by molar-refractivity contribution is 9.10. The third kappa shape index (κ3) is 2.73. The zero-order valence-corrected chi connectivity index (χ0v) is 10.1. The fraction of sp³-hybridized carbons (Fsp3) is 0.400. The minimum absolute atomic E-state index is 0.465. The van der Waals surface area contributed by atoms with E-state index in [4.69, 9.17) is 5.90 Å². The van der Waals surface area contributed by atoms with E-state index >= 15 is 0 Å². The number of nitrogens with two attached hydrogens (primary N) is 1. The van der Waals surface area contributed by atoms with Gasteiger partial charge in [-0.25, -0.2) is 5.90 Å². The van der Waals surface area contributed by atoms with Crippen LogP contribution in [0, 0.1) is 0 Å². The second kappa shape index (κ2) is 4.66. The Bertz CT molecular complexity index is 328. The summed E-state index contributed by atoms with van der Waals surface area (Å²) in [5.41, 5.74) is 1.10. The molecule has 0 bridgehead atoms. The zero-order valence-electron chi connectivity index (χ0n) is 7.70. The summed E-state index contributed by atoms with van der Waals surface area (Å²) in [6.45, 7) is 0.465. The van der Waals surface area contributed by atoms with Crippen LogP contribution >= 0.6 is 27.7 Å². The lowest BCUT2D eigenvalue weighted by Gasteiger charge is -2.05. The molecule has 0 unspecified atom stereocenters. The highest BCUT2D eigenvalue weighted by atomic mass is 79.9. The van der Waals surface area contributed by atoms with E-state index in [0.717, 1.165) is 15.3 Å². The number of halogens is 1.